The zero-order valence-corrected chi connectivity index (χ0v) is 13.1. The average molecular weight is 325 g/mol. The van der Waals surface area contributed by atoms with Crippen molar-refractivity contribution in [2.75, 3.05) is 24.3 Å². The van der Waals surface area contributed by atoms with E-state index in [4.69, 9.17) is 23.2 Å². The van der Waals surface area contributed by atoms with Gasteiger partial charge in [-0.15, -0.1) is 0 Å². The van der Waals surface area contributed by atoms with Crippen molar-refractivity contribution in [1.82, 2.24) is 9.97 Å². The number of aromatic nitrogens is 2. The second kappa shape index (κ2) is 6.74. The third-order valence-electron chi connectivity index (χ3n) is 2.74. The maximum Gasteiger partial charge on any atom is 0.230 e. The zero-order chi connectivity index (χ0) is 15.4. The standard InChI is InChI=1S/C14H14Cl2N4O/c1-20(2)11-6-13(18-8-10(11)15)19-14(21)5-9-3-4-12(16)17-7-9/h3-4,6-8H,5H2,1-2H3,(H,18,19,21). The van der Waals surface area contributed by atoms with Crippen LogP contribution in [0.5, 0.6) is 0 Å². The molecule has 0 aliphatic carbocycles. The maximum absolute atomic E-state index is 12.0. The van der Waals surface area contributed by atoms with Crippen LogP contribution < -0.4 is 10.2 Å². The van der Waals surface area contributed by atoms with Crippen molar-refractivity contribution in [3.8, 4) is 0 Å². The van der Waals surface area contributed by atoms with Crippen LogP contribution in [0.15, 0.2) is 30.6 Å². The van der Waals surface area contributed by atoms with E-state index < -0.39 is 0 Å². The molecule has 21 heavy (non-hydrogen) atoms. The summed E-state index contributed by atoms with van der Waals surface area (Å²) in [4.78, 5) is 21.8. The van der Waals surface area contributed by atoms with Crippen molar-refractivity contribution in [3.63, 3.8) is 0 Å². The Kier molecular flexibility index (Phi) is 4.98. The molecule has 0 saturated carbocycles. The summed E-state index contributed by atoms with van der Waals surface area (Å²) in [6, 6.07) is 5.13. The molecule has 0 unspecified atom stereocenters. The number of rotatable bonds is 4. The van der Waals surface area contributed by atoms with E-state index in [1.165, 1.54) is 6.20 Å². The number of hydrogen-bond acceptors (Lipinski definition) is 4. The molecule has 0 radical (unpaired) electrons. The van der Waals surface area contributed by atoms with Gasteiger partial charge in [0.2, 0.25) is 5.91 Å². The van der Waals surface area contributed by atoms with E-state index in [9.17, 15) is 4.79 Å². The molecule has 0 saturated heterocycles. The number of halogens is 2. The highest BCUT2D eigenvalue weighted by Gasteiger charge is 2.09. The van der Waals surface area contributed by atoms with E-state index >= 15 is 0 Å². The van der Waals surface area contributed by atoms with Crippen LogP contribution in [0.2, 0.25) is 10.2 Å². The smallest absolute Gasteiger partial charge is 0.230 e. The van der Waals surface area contributed by atoms with Gasteiger partial charge < -0.3 is 10.2 Å². The molecule has 2 aromatic heterocycles. The van der Waals surface area contributed by atoms with Crippen molar-refractivity contribution in [2.24, 2.45) is 0 Å². The third kappa shape index (κ3) is 4.31. The van der Waals surface area contributed by atoms with Crippen LogP contribution in [0.25, 0.3) is 0 Å². The van der Waals surface area contributed by atoms with Crippen LogP contribution >= 0.6 is 23.2 Å². The molecule has 0 aromatic carbocycles. The van der Waals surface area contributed by atoms with E-state index in [2.05, 4.69) is 15.3 Å². The van der Waals surface area contributed by atoms with Crippen molar-refractivity contribution >= 4 is 40.6 Å². The molecule has 0 spiro atoms. The summed E-state index contributed by atoms with van der Waals surface area (Å²) in [5.41, 5.74) is 1.56. The van der Waals surface area contributed by atoms with Gasteiger partial charge in [0.05, 0.1) is 23.3 Å². The molecular weight excluding hydrogens is 311 g/mol. The summed E-state index contributed by atoms with van der Waals surface area (Å²) in [7, 11) is 3.73. The third-order valence-corrected chi connectivity index (χ3v) is 3.25. The summed E-state index contributed by atoms with van der Waals surface area (Å²) < 4.78 is 0. The van der Waals surface area contributed by atoms with Crippen LogP contribution in [0, 0.1) is 0 Å². The van der Waals surface area contributed by atoms with Crippen LogP contribution in [0.4, 0.5) is 11.5 Å². The molecule has 0 aliphatic heterocycles. The van der Waals surface area contributed by atoms with Gasteiger partial charge in [0.25, 0.3) is 0 Å². The molecule has 2 rings (SSSR count). The van der Waals surface area contributed by atoms with Crippen LogP contribution in [-0.4, -0.2) is 30.0 Å². The SMILES string of the molecule is CN(C)c1cc(NC(=O)Cc2ccc(Cl)nc2)ncc1Cl. The van der Waals surface area contributed by atoms with Gasteiger partial charge in [-0.3, -0.25) is 4.79 Å². The summed E-state index contributed by atoms with van der Waals surface area (Å²) in [6.45, 7) is 0. The fourth-order valence-corrected chi connectivity index (χ4v) is 2.11. The Morgan fingerprint density at radius 1 is 1.24 bits per heavy atom. The minimum absolute atomic E-state index is 0.182. The quantitative estimate of drug-likeness (QED) is 0.878. The molecule has 0 atom stereocenters. The molecule has 0 aliphatic rings. The first kappa shape index (κ1) is 15.5. The molecule has 0 bridgehead atoms. The number of anilines is 2. The second-order valence-electron chi connectivity index (χ2n) is 4.63. The molecule has 7 heteroatoms. The first-order valence-electron chi connectivity index (χ1n) is 6.19. The lowest BCUT2D eigenvalue weighted by Crippen LogP contribution is -2.16. The Morgan fingerprint density at radius 3 is 2.62 bits per heavy atom. The predicted octanol–water partition coefficient (Wildman–Crippen LogP) is 3.03. The van der Waals surface area contributed by atoms with Crippen molar-refractivity contribution in [2.45, 2.75) is 6.42 Å². The topological polar surface area (TPSA) is 58.1 Å². The van der Waals surface area contributed by atoms with Crippen LogP contribution in [0.1, 0.15) is 5.56 Å². The Bertz CT molecular complexity index is 644. The molecule has 2 heterocycles. The van der Waals surface area contributed by atoms with E-state index in [-0.39, 0.29) is 12.3 Å². The number of amides is 1. The van der Waals surface area contributed by atoms with Gasteiger partial charge in [-0.1, -0.05) is 29.3 Å². The van der Waals surface area contributed by atoms with Gasteiger partial charge in [0.1, 0.15) is 11.0 Å². The van der Waals surface area contributed by atoms with Gasteiger partial charge in [0.15, 0.2) is 0 Å². The summed E-state index contributed by atoms with van der Waals surface area (Å²) in [6.07, 6.45) is 3.28. The molecule has 110 valence electrons. The lowest BCUT2D eigenvalue weighted by Gasteiger charge is -2.15. The fourth-order valence-electron chi connectivity index (χ4n) is 1.72. The normalized spacial score (nSPS) is 10.3. The number of nitrogens with zero attached hydrogens (tertiary/aromatic N) is 3. The van der Waals surface area contributed by atoms with Crippen LogP contribution in [0.3, 0.4) is 0 Å². The fraction of sp³-hybridized carbons (Fsp3) is 0.214. The Morgan fingerprint density at radius 2 is 2.00 bits per heavy atom. The molecule has 5 nitrogen and oxygen atoms in total. The zero-order valence-electron chi connectivity index (χ0n) is 11.6. The molecule has 1 amide bonds. The number of carbonyl (C=O) groups is 1. The minimum Gasteiger partial charge on any atom is -0.376 e. The maximum atomic E-state index is 12.0. The number of nitrogens with one attached hydrogen (secondary N) is 1. The van der Waals surface area contributed by atoms with Crippen molar-refractivity contribution < 1.29 is 4.79 Å². The van der Waals surface area contributed by atoms with E-state index in [1.807, 2.05) is 19.0 Å². The summed E-state index contributed by atoms with van der Waals surface area (Å²) in [5.74, 6) is 0.272. The summed E-state index contributed by atoms with van der Waals surface area (Å²) in [5, 5.41) is 3.66. The Balaban J connectivity index is 2.06. The number of carbonyl (C=O) groups excluding carboxylic acids is 1. The monoisotopic (exact) mass is 324 g/mol. The van der Waals surface area contributed by atoms with Crippen molar-refractivity contribution in [1.29, 1.82) is 0 Å². The van der Waals surface area contributed by atoms with Gasteiger partial charge in [-0.05, 0) is 11.6 Å². The van der Waals surface area contributed by atoms with Gasteiger partial charge >= 0.3 is 0 Å². The predicted molar refractivity (Wildman–Crippen MR) is 85.2 cm³/mol. The summed E-state index contributed by atoms with van der Waals surface area (Å²) >= 11 is 11.7. The first-order chi connectivity index (χ1) is 9.95. The molecule has 0 fully saturated rings. The molecule has 1 N–H and O–H groups in total. The van der Waals surface area contributed by atoms with E-state index in [1.54, 1.807) is 24.4 Å². The van der Waals surface area contributed by atoms with Crippen LogP contribution in [-0.2, 0) is 11.2 Å². The lowest BCUT2D eigenvalue weighted by molar-refractivity contribution is -0.115. The Hall–Kier alpha value is -1.85. The van der Waals surface area contributed by atoms with Gasteiger partial charge in [0, 0.05) is 26.4 Å². The average Bonchev–Trinajstić information content (AvgIpc) is 2.43. The molecule has 2 aromatic rings. The van der Waals surface area contributed by atoms with E-state index in [0.29, 0.717) is 16.0 Å². The largest absolute Gasteiger partial charge is 0.376 e. The number of pyridine rings is 2. The molecular formula is C14H14Cl2N4O. The first-order valence-corrected chi connectivity index (χ1v) is 6.94. The minimum atomic E-state index is -0.182. The Labute approximate surface area is 132 Å². The second-order valence-corrected chi connectivity index (χ2v) is 5.42. The van der Waals surface area contributed by atoms with E-state index in [0.717, 1.165) is 11.3 Å². The lowest BCUT2D eigenvalue weighted by atomic mass is 10.2. The highest BCUT2D eigenvalue weighted by Crippen LogP contribution is 2.25. The highest BCUT2D eigenvalue weighted by molar-refractivity contribution is 6.33. The van der Waals surface area contributed by atoms with Gasteiger partial charge in [-0.25, -0.2) is 9.97 Å². The number of hydrogen-bond donors (Lipinski definition) is 1. The van der Waals surface area contributed by atoms with Gasteiger partial charge in [-0.2, -0.15) is 0 Å². The van der Waals surface area contributed by atoms with Crippen molar-refractivity contribution in [3.05, 3.63) is 46.3 Å². The highest BCUT2D eigenvalue weighted by atomic mass is 35.5.